The molecule has 0 aromatic rings. The molecule has 272 valence electrons. The molecule has 3 atom stereocenters. The first-order chi connectivity index (χ1) is 22.2. The molecule has 46 heavy (non-hydrogen) atoms. The molecule has 0 heterocycles. The molecule has 3 unspecified atom stereocenters. The van der Waals surface area contributed by atoms with Gasteiger partial charge < -0.3 is 15.5 Å². The maximum atomic E-state index is 12.5. The predicted molar refractivity (Wildman–Crippen MR) is 195 cm³/mol. The van der Waals surface area contributed by atoms with Crippen molar-refractivity contribution >= 4 is 16.0 Å². The van der Waals surface area contributed by atoms with Crippen LogP contribution < -0.4 is 5.32 Å². The van der Waals surface area contributed by atoms with Crippen molar-refractivity contribution in [1.29, 1.82) is 0 Å². The first-order valence-corrected chi connectivity index (χ1v) is 20.7. The van der Waals surface area contributed by atoms with E-state index in [1.54, 1.807) is 6.08 Å². The third kappa shape index (κ3) is 31.4. The number of rotatable bonds is 34. The van der Waals surface area contributed by atoms with Crippen molar-refractivity contribution < 1.29 is 28.0 Å². The Balaban J connectivity index is 4.08. The average Bonchev–Trinajstić information content (AvgIpc) is 3.01. The highest BCUT2D eigenvalue weighted by atomic mass is 32.2. The normalized spacial score (nSPS) is 14.3. The number of amides is 1. The van der Waals surface area contributed by atoms with Crippen molar-refractivity contribution in [3.05, 3.63) is 24.3 Å². The Bertz CT molecular complexity index is 844. The zero-order chi connectivity index (χ0) is 34.1. The lowest BCUT2D eigenvalue weighted by Gasteiger charge is -2.24. The van der Waals surface area contributed by atoms with Gasteiger partial charge >= 0.3 is 0 Å². The lowest BCUT2D eigenvalue weighted by Crippen LogP contribution is -2.50. The second-order valence-electron chi connectivity index (χ2n) is 13.4. The van der Waals surface area contributed by atoms with E-state index in [1.807, 2.05) is 6.08 Å². The summed E-state index contributed by atoms with van der Waals surface area (Å²) >= 11 is 0. The van der Waals surface area contributed by atoms with Crippen molar-refractivity contribution in [3.8, 4) is 0 Å². The monoisotopic (exact) mass is 672 g/mol. The number of unbranched alkanes of at least 4 members (excludes halogenated alkanes) is 22. The second-order valence-corrected chi connectivity index (χ2v) is 14.9. The Hall–Kier alpha value is -1.22. The average molecular weight is 672 g/mol. The molecule has 0 saturated heterocycles. The fourth-order valence-corrected chi connectivity index (χ4v) is 6.56. The summed E-state index contributed by atoms with van der Waals surface area (Å²) in [5.41, 5.74) is 0. The summed E-state index contributed by atoms with van der Waals surface area (Å²) in [5.74, 6) is -1.54. The van der Waals surface area contributed by atoms with Gasteiger partial charge in [0.1, 0.15) is 6.10 Å². The first kappa shape index (κ1) is 44.8. The van der Waals surface area contributed by atoms with Gasteiger partial charge in [0.2, 0.25) is 5.91 Å². The van der Waals surface area contributed by atoms with E-state index in [1.165, 1.54) is 122 Å². The Kier molecular flexibility index (Phi) is 31.5. The van der Waals surface area contributed by atoms with E-state index in [4.69, 9.17) is 0 Å². The summed E-state index contributed by atoms with van der Waals surface area (Å²) < 4.78 is 32.4. The molecule has 1 amide bonds. The molecule has 0 aliphatic carbocycles. The van der Waals surface area contributed by atoms with Crippen LogP contribution in [0.1, 0.15) is 187 Å². The zero-order valence-corrected chi connectivity index (χ0v) is 30.6. The van der Waals surface area contributed by atoms with E-state index in [0.29, 0.717) is 19.3 Å². The molecular formula is C38H73NO6S. The van der Waals surface area contributed by atoms with E-state index < -0.39 is 40.0 Å². The standard InChI is InChI=1S/C38H73NO6S/c1-3-5-7-9-11-13-15-17-18-19-20-21-23-24-26-28-30-32-36(40)35(34-46(43,44)45)39-38(42)37(41)33-31-29-27-25-22-16-14-12-10-8-6-4-2/h22,25,29,31,35-37,40-41H,3-21,23-24,26-28,30,32-34H2,1-2H3,(H,39,42)(H,43,44,45)/b25-22-,31-29-. The number of aliphatic hydroxyl groups is 2. The van der Waals surface area contributed by atoms with Crippen LogP contribution in [0.4, 0.5) is 0 Å². The van der Waals surface area contributed by atoms with Crippen LogP contribution in [0.3, 0.4) is 0 Å². The molecular weight excluding hydrogens is 598 g/mol. The first-order valence-electron chi connectivity index (χ1n) is 19.1. The van der Waals surface area contributed by atoms with Crippen molar-refractivity contribution in [3.63, 3.8) is 0 Å². The summed E-state index contributed by atoms with van der Waals surface area (Å²) in [6.07, 6.45) is 36.4. The van der Waals surface area contributed by atoms with Crippen LogP contribution in [-0.4, -0.2) is 53.1 Å². The van der Waals surface area contributed by atoms with Gasteiger partial charge in [-0.2, -0.15) is 8.42 Å². The topological polar surface area (TPSA) is 124 Å². The summed E-state index contributed by atoms with van der Waals surface area (Å²) in [7, 11) is -4.42. The molecule has 0 rings (SSSR count). The maximum Gasteiger partial charge on any atom is 0.266 e. The van der Waals surface area contributed by atoms with Gasteiger partial charge in [-0.15, -0.1) is 0 Å². The number of carbonyl (C=O) groups is 1. The molecule has 0 aromatic heterocycles. The molecule has 7 nitrogen and oxygen atoms in total. The van der Waals surface area contributed by atoms with Gasteiger partial charge in [-0.1, -0.05) is 179 Å². The highest BCUT2D eigenvalue weighted by Crippen LogP contribution is 2.16. The summed E-state index contributed by atoms with van der Waals surface area (Å²) in [4.78, 5) is 12.5. The Morgan fingerprint density at radius 3 is 1.48 bits per heavy atom. The third-order valence-electron chi connectivity index (χ3n) is 8.78. The molecule has 0 saturated carbocycles. The number of hydrogen-bond acceptors (Lipinski definition) is 5. The van der Waals surface area contributed by atoms with Crippen molar-refractivity contribution in [2.45, 2.75) is 205 Å². The van der Waals surface area contributed by atoms with Crippen LogP contribution in [0.5, 0.6) is 0 Å². The van der Waals surface area contributed by atoms with Gasteiger partial charge in [0.05, 0.1) is 17.9 Å². The fourth-order valence-electron chi connectivity index (χ4n) is 5.80. The van der Waals surface area contributed by atoms with E-state index in [0.717, 1.165) is 25.7 Å². The van der Waals surface area contributed by atoms with Crippen LogP contribution in [-0.2, 0) is 14.9 Å². The Morgan fingerprint density at radius 1 is 0.609 bits per heavy atom. The van der Waals surface area contributed by atoms with Gasteiger partial charge in [0.25, 0.3) is 10.1 Å². The molecule has 0 spiro atoms. The quantitative estimate of drug-likeness (QED) is 0.0307. The van der Waals surface area contributed by atoms with Crippen molar-refractivity contribution in [2.24, 2.45) is 0 Å². The third-order valence-corrected chi connectivity index (χ3v) is 9.56. The van der Waals surface area contributed by atoms with E-state index in [2.05, 4.69) is 31.3 Å². The lowest BCUT2D eigenvalue weighted by atomic mass is 10.0. The van der Waals surface area contributed by atoms with Gasteiger partial charge in [-0.3, -0.25) is 9.35 Å². The van der Waals surface area contributed by atoms with Crippen LogP contribution in [0.25, 0.3) is 0 Å². The van der Waals surface area contributed by atoms with Crippen LogP contribution in [0.2, 0.25) is 0 Å². The summed E-state index contributed by atoms with van der Waals surface area (Å²) in [6.45, 7) is 4.48. The molecule has 8 heteroatoms. The Labute approximate surface area is 284 Å². The SMILES string of the molecule is CCCCCCCC/C=C\C/C=C\CC(O)C(=O)NC(CS(=O)(=O)O)C(O)CCCCCCCCCCCCCCCCCCC. The molecule has 0 aliphatic heterocycles. The van der Waals surface area contributed by atoms with Crippen LogP contribution in [0, 0.1) is 0 Å². The fraction of sp³-hybridized carbons (Fsp3) is 0.868. The molecule has 0 fully saturated rings. The number of carbonyl (C=O) groups excluding carboxylic acids is 1. The van der Waals surface area contributed by atoms with Gasteiger partial charge in [0.15, 0.2) is 0 Å². The smallest absolute Gasteiger partial charge is 0.266 e. The number of allylic oxidation sites excluding steroid dienone is 3. The van der Waals surface area contributed by atoms with Crippen LogP contribution in [0.15, 0.2) is 24.3 Å². The van der Waals surface area contributed by atoms with Crippen molar-refractivity contribution in [2.75, 3.05) is 5.75 Å². The van der Waals surface area contributed by atoms with E-state index in [9.17, 15) is 28.0 Å². The minimum absolute atomic E-state index is 0.0883. The second kappa shape index (κ2) is 32.3. The van der Waals surface area contributed by atoms with Crippen LogP contribution >= 0.6 is 0 Å². The number of aliphatic hydroxyl groups excluding tert-OH is 2. The highest BCUT2D eigenvalue weighted by Gasteiger charge is 2.28. The summed E-state index contributed by atoms with van der Waals surface area (Å²) in [5, 5.41) is 23.3. The molecule has 0 bridgehead atoms. The highest BCUT2D eigenvalue weighted by molar-refractivity contribution is 7.85. The zero-order valence-electron chi connectivity index (χ0n) is 29.8. The molecule has 0 aliphatic rings. The van der Waals surface area contributed by atoms with Gasteiger partial charge in [0, 0.05) is 6.42 Å². The van der Waals surface area contributed by atoms with E-state index in [-0.39, 0.29) is 6.42 Å². The minimum atomic E-state index is -4.42. The minimum Gasteiger partial charge on any atom is -0.391 e. The van der Waals surface area contributed by atoms with E-state index >= 15 is 0 Å². The maximum absolute atomic E-state index is 12.5. The molecule has 0 radical (unpaired) electrons. The Morgan fingerprint density at radius 2 is 1.02 bits per heavy atom. The molecule has 0 aromatic carbocycles. The summed E-state index contributed by atoms with van der Waals surface area (Å²) in [6, 6.07) is -1.17. The largest absolute Gasteiger partial charge is 0.391 e. The van der Waals surface area contributed by atoms with Crippen molar-refractivity contribution in [1.82, 2.24) is 5.32 Å². The van der Waals surface area contributed by atoms with Gasteiger partial charge in [-0.05, 0) is 25.7 Å². The number of nitrogens with one attached hydrogen (secondary N) is 1. The van der Waals surface area contributed by atoms with Gasteiger partial charge in [-0.25, -0.2) is 0 Å². The predicted octanol–water partition coefficient (Wildman–Crippen LogP) is 9.77. The lowest BCUT2D eigenvalue weighted by molar-refractivity contribution is -0.130. The molecule has 4 N–H and O–H groups in total. The number of hydrogen-bond donors (Lipinski definition) is 4.